The molecule has 0 atom stereocenters. The van der Waals surface area contributed by atoms with Crippen molar-refractivity contribution < 1.29 is 27.4 Å². The predicted molar refractivity (Wildman–Crippen MR) is 114 cm³/mol. The first-order valence-electron chi connectivity index (χ1n) is 9.64. The van der Waals surface area contributed by atoms with E-state index in [2.05, 4.69) is 0 Å². The summed E-state index contributed by atoms with van der Waals surface area (Å²) in [6.45, 7) is 4.44. The fourth-order valence-corrected chi connectivity index (χ4v) is 3.69. The van der Waals surface area contributed by atoms with E-state index in [0.717, 1.165) is 12.1 Å². The lowest BCUT2D eigenvalue weighted by molar-refractivity contribution is -0.143. The third-order valence-corrected chi connectivity index (χ3v) is 5.36. The van der Waals surface area contributed by atoms with Gasteiger partial charge in [-0.2, -0.15) is 13.2 Å². The summed E-state index contributed by atoms with van der Waals surface area (Å²) < 4.78 is 53.0. The van der Waals surface area contributed by atoms with Gasteiger partial charge in [0.05, 0.1) is 40.8 Å². The molecule has 6 nitrogen and oxygen atoms in total. The molecular formula is C22H22ClF3N2O4. The lowest BCUT2D eigenvalue weighted by Gasteiger charge is -2.26. The van der Waals surface area contributed by atoms with Crippen molar-refractivity contribution in [3.05, 3.63) is 63.0 Å². The Balaban J connectivity index is 2.23. The van der Waals surface area contributed by atoms with E-state index in [1.165, 1.54) is 29.2 Å². The van der Waals surface area contributed by atoms with Crippen molar-refractivity contribution >= 4 is 28.6 Å². The minimum Gasteiger partial charge on any atom is -0.495 e. The monoisotopic (exact) mass is 470 g/mol. The van der Waals surface area contributed by atoms with Gasteiger partial charge in [-0.1, -0.05) is 17.7 Å². The molecule has 0 bridgehead atoms. The van der Waals surface area contributed by atoms with Crippen LogP contribution in [0, 0.1) is 0 Å². The molecule has 0 fully saturated rings. The molecule has 3 aromatic rings. The molecule has 0 aliphatic rings. The highest BCUT2D eigenvalue weighted by molar-refractivity contribution is 6.32. The number of hydrogen-bond acceptors (Lipinski definition) is 4. The smallest absolute Gasteiger partial charge is 0.416 e. The van der Waals surface area contributed by atoms with Gasteiger partial charge in [0.2, 0.25) is 0 Å². The van der Waals surface area contributed by atoms with Gasteiger partial charge in [-0.15, -0.1) is 0 Å². The van der Waals surface area contributed by atoms with Gasteiger partial charge < -0.3 is 9.47 Å². The maximum atomic E-state index is 13.4. The van der Waals surface area contributed by atoms with E-state index >= 15 is 0 Å². The van der Waals surface area contributed by atoms with Gasteiger partial charge in [-0.05, 0) is 49.7 Å². The average Bonchev–Trinajstić information content (AvgIpc) is 2.98. The molecule has 3 rings (SSSR count). The molecule has 0 radical (unpaired) electrons. The van der Waals surface area contributed by atoms with Gasteiger partial charge in [0, 0.05) is 6.92 Å². The number of benzene rings is 2. The fraction of sp³-hybridized carbons (Fsp3) is 0.364. The zero-order valence-corrected chi connectivity index (χ0v) is 18.7. The molecule has 0 saturated heterocycles. The number of carbonyl (C=O) groups is 1. The molecule has 32 heavy (non-hydrogen) atoms. The van der Waals surface area contributed by atoms with E-state index in [0.29, 0.717) is 21.9 Å². The minimum atomic E-state index is -4.58. The number of carbonyl (C=O) groups excluding carboxylic acids is 1. The van der Waals surface area contributed by atoms with Gasteiger partial charge in [-0.3, -0.25) is 13.9 Å². The van der Waals surface area contributed by atoms with E-state index in [1.54, 1.807) is 32.0 Å². The van der Waals surface area contributed by atoms with Crippen LogP contribution in [0.15, 0.2) is 41.2 Å². The summed E-state index contributed by atoms with van der Waals surface area (Å²) in [4.78, 5) is 24.7. The highest BCUT2D eigenvalue weighted by Gasteiger charge is 2.33. The number of ether oxygens (including phenoxy) is 2. The Labute approximate surface area is 187 Å². The Morgan fingerprint density at radius 1 is 1.09 bits per heavy atom. The molecule has 0 N–H and O–H groups in total. The van der Waals surface area contributed by atoms with Crippen LogP contribution in [-0.2, 0) is 27.8 Å². The number of nitrogens with zero attached hydrogens (tertiary/aromatic N) is 2. The second-order valence-corrected chi connectivity index (χ2v) is 8.37. The zero-order chi connectivity index (χ0) is 23.8. The number of esters is 1. The lowest BCUT2D eigenvalue weighted by Crippen LogP contribution is -2.41. The van der Waals surface area contributed by atoms with E-state index in [-0.39, 0.29) is 18.7 Å². The summed E-state index contributed by atoms with van der Waals surface area (Å²) in [7, 11) is 1.44. The Morgan fingerprint density at radius 2 is 1.78 bits per heavy atom. The quantitative estimate of drug-likeness (QED) is 0.484. The number of aromatic nitrogens is 2. The van der Waals surface area contributed by atoms with Gasteiger partial charge in [0.15, 0.2) is 0 Å². The molecule has 0 aliphatic heterocycles. The number of rotatable bonds is 6. The minimum absolute atomic E-state index is 0.0131. The third kappa shape index (κ3) is 4.62. The van der Waals surface area contributed by atoms with E-state index in [4.69, 9.17) is 21.1 Å². The first kappa shape index (κ1) is 23.7. The lowest BCUT2D eigenvalue weighted by atomic mass is 10.1. The number of hydrogen-bond donors (Lipinski definition) is 0. The first-order chi connectivity index (χ1) is 14.8. The molecule has 0 aliphatic carbocycles. The predicted octanol–water partition coefficient (Wildman–Crippen LogP) is 4.83. The van der Waals surface area contributed by atoms with E-state index in [1.807, 2.05) is 0 Å². The SMILES string of the molecule is COc1cc(Cn2c(=O)n(C(C)(C)COC(C)=O)c3ccc(C(F)(F)F)cc32)ccc1Cl. The molecule has 1 aromatic heterocycles. The normalized spacial score (nSPS) is 12.2. The van der Waals surface area contributed by atoms with E-state index < -0.39 is 28.9 Å². The van der Waals surface area contributed by atoms with Crippen LogP contribution < -0.4 is 10.4 Å². The first-order valence-corrected chi connectivity index (χ1v) is 10.0. The Morgan fingerprint density at radius 3 is 2.38 bits per heavy atom. The van der Waals surface area contributed by atoms with E-state index in [9.17, 15) is 22.8 Å². The van der Waals surface area contributed by atoms with Crippen LogP contribution in [0.1, 0.15) is 31.9 Å². The van der Waals surface area contributed by atoms with Crippen molar-refractivity contribution in [2.45, 2.75) is 39.0 Å². The van der Waals surface area contributed by atoms with Crippen molar-refractivity contribution in [1.82, 2.24) is 9.13 Å². The van der Waals surface area contributed by atoms with Crippen molar-refractivity contribution in [3.8, 4) is 5.75 Å². The summed E-state index contributed by atoms with van der Waals surface area (Å²) >= 11 is 6.06. The number of imidazole rings is 1. The number of alkyl halides is 3. The molecule has 0 spiro atoms. The standard InChI is InChI=1S/C22H22ClF3N2O4/c1-13(29)32-12-21(2,3)28-17-8-6-15(22(24,25)26)10-18(17)27(20(28)30)11-14-5-7-16(23)19(9-14)31-4/h5-10H,11-12H2,1-4H3. The molecule has 172 valence electrons. The number of halogens is 4. The third-order valence-electron chi connectivity index (χ3n) is 5.05. The number of fused-ring (bicyclic) bond motifs is 1. The Hall–Kier alpha value is -2.94. The van der Waals surface area contributed by atoms with Gasteiger partial charge in [0.1, 0.15) is 12.4 Å². The Bertz CT molecular complexity index is 1230. The molecule has 0 amide bonds. The maximum absolute atomic E-state index is 13.4. The maximum Gasteiger partial charge on any atom is 0.416 e. The molecule has 0 saturated carbocycles. The van der Waals surface area contributed by atoms with Crippen LogP contribution in [0.5, 0.6) is 5.75 Å². The van der Waals surface area contributed by atoms with Gasteiger partial charge in [-0.25, -0.2) is 4.79 Å². The largest absolute Gasteiger partial charge is 0.495 e. The molecule has 2 aromatic carbocycles. The van der Waals surface area contributed by atoms with Crippen LogP contribution in [0.3, 0.4) is 0 Å². The molecule has 1 heterocycles. The highest BCUT2D eigenvalue weighted by atomic mass is 35.5. The van der Waals surface area contributed by atoms with Crippen molar-refractivity contribution in [2.24, 2.45) is 0 Å². The van der Waals surface area contributed by atoms with Crippen LogP contribution >= 0.6 is 11.6 Å². The summed E-state index contributed by atoms with van der Waals surface area (Å²) in [6, 6.07) is 8.01. The summed E-state index contributed by atoms with van der Waals surface area (Å²) in [5, 5.41) is 0.368. The summed E-state index contributed by atoms with van der Waals surface area (Å²) in [6.07, 6.45) is -4.58. The van der Waals surface area contributed by atoms with Crippen LogP contribution in [0.25, 0.3) is 11.0 Å². The molecule has 10 heteroatoms. The number of methoxy groups -OCH3 is 1. The zero-order valence-electron chi connectivity index (χ0n) is 17.9. The second kappa shape index (κ2) is 8.54. The molecular weight excluding hydrogens is 449 g/mol. The van der Waals surface area contributed by atoms with Crippen molar-refractivity contribution in [3.63, 3.8) is 0 Å². The summed E-state index contributed by atoms with van der Waals surface area (Å²) in [5.41, 5.74) is -1.41. The second-order valence-electron chi connectivity index (χ2n) is 7.97. The summed E-state index contributed by atoms with van der Waals surface area (Å²) in [5.74, 6) is -0.144. The molecule has 0 unspecified atom stereocenters. The Kier molecular flexibility index (Phi) is 6.33. The van der Waals surface area contributed by atoms with Gasteiger partial charge in [0.25, 0.3) is 0 Å². The highest BCUT2D eigenvalue weighted by Crippen LogP contribution is 2.33. The van der Waals surface area contributed by atoms with Crippen molar-refractivity contribution in [2.75, 3.05) is 13.7 Å². The van der Waals surface area contributed by atoms with Crippen LogP contribution in [-0.4, -0.2) is 28.8 Å². The average molecular weight is 471 g/mol. The van der Waals surface area contributed by atoms with Crippen LogP contribution in [0.2, 0.25) is 5.02 Å². The van der Waals surface area contributed by atoms with Crippen molar-refractivity contribution in [1.29, 1.82) is 0 Å². The van der Waals surface area contributed by atoms with Crippen LogP contribution in [0.4, 0.5) is 13.2 Å². The topological polar surface area (TPSA) is 62.5 Å². The fourth-order valence-electron chi connectivity index (χ4n) is 3.50. The van der Waals surface area contributed by atoms with Gasteiger partial charge >= 0.3 is 17.8 Å².